The van der Waals surface area contributed by atoms with Crippen molar-refractivity contribution >= 4 is 18.0 Å². The van der Waals surface area contributed by atoms with E-state index in [1.54, 1.807) is 20.8 Å². The summed E-state index contributed by atoms with van der Waals surface area (Å²) in [5.74, 6) is -2.13. The topological polar surface area (TPSA) is 121 Å². The molecule has 0 radical (unpaired) electrons. The number of carbonyl (C=O) groups excluding carboxylic acids is 3. The first kappa shape index (κ1) is 29.9. The summed E-state index contributed by atoms with van der Waals surface area (Å²) in [4.78, 5) is 40.1. The molecule has 2 aliphatic rings. The maximum Gasteiger partial charge on any atom is 0.410 e. The van der Waals surface area contributed by atoms with Gasteiger partial charge in [-0.3, -0.25) is 4.79 Å². The molecule has 0 aromatic heterocycles. The fourth-order valence-electron chi connectivity index (χ4n) is 4.54. The van der Waals surface area contributed by atoms with Crippen molar-refractivity contribution in [2.75, 3.05) is 19.7 Å². The highest BCUT2D eigenvalue weighted by molar-refractivity contribution is 5.90. The molecule has 2 aliphatic heterocycles. The zero-order chi connectivity index (χ0) is 29.4. The van der Waals surface area contributed by atoms with Crippen LogP contribution in [0.2, 0.25) is 0 Å². The molecule has 0 bridgehead atoms. The number of nitrogens with zero attached hydrogens (tertiary/aromatic N) is 1. The Balaban J connectivity index is 1.48. The van der Waals surface area contributed by atoms with E-state index in [1.165, 1.54) is 4.90 Å². The second kappa shape index (κ2) is 13.5. The molecular formula is C31H37NO9. The Morgan fingerprint density at radius 2 is 1.61 bits per heavy atom. The highest BCUT2D eigenvalue weighted by atomic mass is 16.6. The van der Waals surface area contributed by atoms with Crippen LogP contribution < -0.4 is 0 Å². The minimum Gasteiger partial charge on any atom is -0.485 e. The van der Waals surface area contributed by atoms with Gasteiger partial charge in [0.1, 0.15) is 18.8 Å². The van der Waals surface area contributed by atoms with Crippen LogP contribution in [0, 0.1) is 5.92 Å². The molecule has 41 heavy (non-hydrogen) atoms. The third-order valence-corrected chi connectivity index (χ3v) is 6.56. The Hall–Kier alpha value is -4.05. The SMILES string of the molecule is CC(C)(C)OC(=O)N1CCCC(C(=O)O[C@H](CO)[C@H]2OC(=O)C(OCc3ccccc3)=C2OCc2ccccc2)C1. The number of amides is 1. The number of likely N-dealkylation sites (tertiary alicyclic amines) is 1. The molecule has 1 amide bonds. The quantitative estimate of drug-likeness (QED) is 0.334. The highest BCUT2D eigenvalue weighted by Gasteiger charge is 2.45. The summed E-state index contributed by atoms with van der Waals surface area (Å²) < 4.78 is 28.5. The molecule has 4 rings (SSSR count). The van der Waals surface area contributed by atoms with E-state index in [4.69, 9.17) is 23.7 Å². The molecule has 1 saturated heterocycles. The van der Waals surface area contributed by atoms with Crippen LogP contribution in [0.4, 0.5) is 4.79 Å². The number of aliphatic hydroxyl groups excluding tert-OH is 1. The lowest BCUT2D eigenvalue weighted by Gasteiger charge is -2.34. The number of benzene rings is 2. The molecule has 10 nitrogen and oxygen atoms in total. The predicted octanol–water partition coefficient (Wildman–Crippen LogP) is 4.11. The molecule has 1 unspecified atom stereocenters. The monoisotopic (exact) mass is 567 g/mol. The van der Waals surface area contributed by atoms with Gasteiger partial charge < -0.3 is 33.7 Å². The first-order chi connectivity index (χ1) is 19.6. The molecular weight excluding hydrogens is 530 g/mol. The van der Waals surface area contributed by atoms with Gasteiger partial charge in [0.2, 0.25) is 11.9 Å². The van der Waals surface area contributed by atoms with Crippen molar-refractivity contribution in [2.45, 2.75) is 64.6 Å². The number of aliphatic hydroxyl groups is 1. The molecule has 1 fully saturated rings. The van der Waals surface area contributed by atoms with Crippen LogP contribution in [0.5, 0.6) is 0 Å². The molecule has 3 atom stereocenters. The molecule has 0 aliphatic carbocycles. The average Bonchev–Trinajstić information content (AvgIpc) is 3.28. The number of hydrogen-bond donors (Lipinski definition) is 1. The Labute approximate surface area is 239 Å². The lowest BCUT2D eigenvalue weighted by Crippen LogP contribution is -2.46. The van der Waals surface area contributed by atoms with Gasteiger partial charge in [0.25, 0.3) is 0 Å². The highest BCUT2D eigenvalue weighted by Crippen LogP contribution is 2.31. The number of cyclic esters (lactones) is 1. The maximum absolute atomic E-state index is 13.2. The van der Waals surface area contributed by atoms with Crippen LogP contribution >= 0.6 is 0 Å². The van der Waals surface area contributed by atoms with Crippen molar-refractivity contribution in [1.82, 2.24) is 4.90 Å². The fraction of sp³-hybridized carbons (Fsp3) is 0.452. The maximum atomic E-state index is 13.2. The number of ether oxygens (including phenoxy) is 5. The van der Waals surface area contributed by atoms with Crippen LogP contribution in [0.25, 0.3) is 0 Å². The van der Waals surface area contributed by atoms with Gasteiger partial charge in [-0.05, 0) is 44.7 Å². The summed E-state index contributed by atoms with van der Waals surface area (Å²) in [5.41, 5.74) is 1.000. The summed E-state index contributed by atoms with van der Waals surface area (Å²) in [6.07, 6.45) is -1.87. The van der Waals surface area contributed by atoms with E-state index < -0.39 is 48.4 Å². The van der Waals surface area contributed by atoms with Gasteiger partial charge in [-0.25, -0.2) is 9.59 Å². The first-order valence-corrected chi connectivity index (χ1v) is 13.7. The van der Waals surface area contributed by atoms with Gasteiger partial charge in [0, 0.05) is 13.1 Å². The van der Waals surface area contributed by atoms with E-state index in [2.05, 4.69) is 0 Å². The van der Waals surface area contributed by atoms with E-state index in [0.717, 1.165) is 11.1 Å². The van der Waals surface area contributed by atoms with Crippen molar-refractivity contribution in [1.29, 1.82) is 0 Å². The fourth-order valence-corrected chi connectivity index (χ4v) is 4.54. The molecule has 10 heteroatoms. The average molecular weight is 568 g/mol. The zero-order valence-electron chi connectivity index (χ0n) is 23.6. The largest absolute Gasteiger partial charge is 0.485 e. The molecule has 220 valence electrons. The van der Waals surface area contributed by atoms with Crippen LogP contribution in [-0.2, 0) is 46.5 Å². The van der Waals surface area contributed by atoms with Gasteiger partial charge in [-0.15, -0.1) is 0 Å². The van der Waals surface area contributed by atoms with Gasteiger partial charge in [-0.2, -0.15) is 0 Å². The Morgan fingerprint density at radius 3 is 2.20 bits per heavy atom. The van der Waals surface area contributed by atoms with Crippen molar-refractivity contribution in [3.05, 3.63) is 83.3 Å². The van der Waals surface area contributed by atoms with Crippen LogP contribution in [0.1, 0.15) is 44.7 Å². The van der Waals surface area contributed by atoms with Crippen molar-refractivity contribution in [2.24, 2.45) is 5.92 Å². The second-order valence-corrected chi connectivity index (χ2v) is 11.0. The number of rotatable bonds is 10. The summed E-state index contributed by atoms with van der Waals surface area (Å²) in [6, 6.07) is 18.6. The van der Waals surface area contributed by atoms with Crippen molar-refractivity contribution < 1.29 is 43.2 Å². The van der Waals surface area contributed by atoms with Gasteiger partial charge in [0.05, 0.1) is 12.5 Å². The summed E-state index contributed by atoms with van der Waals surface area (Å²) in [7, 11) is 0. The zero-order valence-corrected chi connectivity index (χ0v) is 23.6. The van der Waals surface area contributed by atoms with Crippen LogP contribution in [0.15, 0.2) is 72.2 Å². The number of piperidine rings is 1. The van der Waals surface area contributed by atoms with Crippen molar-refractivity contribution in [3.8, 4) is 0 Å². The van der Waals surface area contributed by atoms with Crippen molar-refractivity contribution in [3.63, 3.8) is 0 Å². The third-order valence-electron chi connectivity index (χ3n) is 6.56. The third kappa shape index (κ3) is 8.23. The number of carbonyl (C=O) groups is 3. The first-order valence-electron chi connectivity index (χ1n) is 13.7. The smallest absolute Gasteiger partial charge is 0.410 e. The summed E-state index contributed by atoms with van der Waals surface area (Å²) in [6.45, 7) is 5.47. The minimum atomic E-state index is -1.24. The molecule has 0 spiro atoms. The standard InChI is InChI=1S/C31H37NO9/c1-31(2,3)41-30(36)32-16-10-15-23(17-32)28(34)39-24(18-33)25-26(37-19-21-11-6-4-7-12-21)27(29(35)40-25)38-20-22-13-8-5-9-14-22/h4-9,11-14,23-25,33H,10,15-20H2,1-3H3/t23?,24-,25-/m1/s1. The molecule has 1 N–H and O–H groups in total. The molecule has 2 aromatic carbocycles. The van der Waals surface area contributed by atoms with Gasteiger partial charge >= 0.3 is 18.0 Å². The van der Waals surface area contributed by atoms with E-state index >= 15 is 0 Å². The number of esters is 2. The normalized spacial score (nSPS) is 19.8. The number of hydrogen-bond acceptors (Lipinski definition) is 9. The second-order valence-electron chi connectivity index (χ2n) is 11.0. The molecule has 2 aromatic rings. The molecule has 0 saturated carbocycles. The Bertz CT molecular complexity index is 1220. The lowest BCUT2D eigenvalue weighted by molar-refractivity contribution is -0.170. The van der Waals surface area contributed by atoms with Crippen LogP contribution in [0.3, 0.4) is 0 Å². The summed E-state index contributed by atoms with van der Waals surface area (Å²) in [5, 5.41) is 10.2. The van der Waals surface area contributed by atoms with Crippen LogP contribution in [-0.4, -0.2) is 65.5 Å². The van der Waals surface area contributed by atoms with E-state index in [-0.39, 0.29) is 31.3 Å². The molecule has 2 heterocycles. The van der Waals surface area contributed by atoms with E-state index in [1.807, 2.05) is 60.7 Å². The van der Waals surface area contributed by atoms with E-state index in [9.17, 15) is 19.5 Å². The Morgan fingerprint density at radius 1 is 1.00 bits per heavy atom. The van der Waals surface area contributed by atoms with Gasteiger partial charge in [-0.1, -0.05) is 60.7 Å². The summed E-state index contributed by atoms with van der Waals surface area (Å²) >= 11 is 0. The minimum absolute atomic E-state index is 0.0423. The Kier molecular flexibility index (Phi) is 9.88. The van der Waals surface area contributed by atoms with Gasteiger partial charge in [0.15, 0.2) is 11.9 Å². The lowest BCUT2D eigenvalue weighted by atomic mass is 9.98. The van der Waals surface area contributed by atoms with E-state index in [0.29, 0.717) is 19.4 Å². The predicted molar refractivity (Wildman–Crippen MR) is 147 cm³/mol.